The number of aryl methyl sites for hydroxylation is 1. The van der Waals surface area contributed by atoms with E-state index in [4.69, 9.17) is 0 Å². The SMILES string of the molecule is CC[C@]1(C)NC(=O)N(NC(=O)CNc2ccc(F)cc2C)C1=O. The summed E-state index contributed by atoms with van der Waals surface area (Å²) in [5.41, 5.74) is 2.50. The van der Waals surface area contributed by atoms with Crippen molar-refractivity contribution in [3.8, 4) is 0 Å². The number of halogens is 1. The molecule has 0 bridgehead atoms. The Bertz CT molecular complexity index is 664. The van der Waals surface area contributed by atoms with E-state index in [-0.39, 0.29) is 12.4 Å². The van der Waals surface area contributed by atoms with Crippen LogP contribution < -0.4 is 16.1 Å². The van der Waals surface area contributed by atoms with Crippen molar-refractivity contribution in [1.82, 2.24) is 15.8 Å². The lowest BCUT2D eigenvalue weighted by Gasteiger charge is -2.19. The second-order valence-corrected chi connectivity index (χ2v) is 5.60. The van der Waals surface area contributed by atoms with E-state index in [9.17, 15) is 18.8 Å². The predicted octanol–water partition coefficient (Wildman–Crippen LogP) is 1.30. The van der Waals surface area contributed by atoms with Crippen molar-refractivity contribution in [2.75, 3.05) is 11.9 Å². The molecule has 1 fully saturated rings. The Balaban J connectivity index is 1.95. The van der Waals surface area contributed by atoms with Crippen LogP contribution in [-0.2, 0) is 9.59 Å². The molecular formula is C15H19FN4O3. The van der Waals surface area contributed by atoms with Crippen LogP contribution in [0.1, 0.15) is 25.8 Å². The van der Waals surface area contributed by atoms with Crippen molar-refractivity contribution in [3.63, 3.8) is 0 Å². The van der Waals surface area contributed by atoms with Crippen molar-refractivity contribution in [1.29, 1.82) is 0 Å². The molecule has 0 aromatic heterocycles. The van der Waals surface area contributed by atoms with Crippen LogP contribution in [-0.4, -0.2) is 34.9 Å². The molecule has 0 radical (unpaired) electrons. The highest BCUT2D eigenvalue weighted by molar-refractivity contribution is 6.07. The lowest BCUT2D eigenvalue weighted by Crippen LogP contribution is -2.50. The van der Waals surface area contributed by atoms with E-state index in [2.05, 4.69) is 16.1 Å². The van der Waals surface area contributed by atoms with Gasteiger partial charge in [-0.3, -0.25) is 15.0 Å². The summed E-state index contributed by atoms with van der Waals surface area (Å²) >= 11 is 0. The van der Waals surface area contributed by atoms with Crippen molar-refractivity contribution >= 4 is 23.5 Å². The van der Waals surface area contributed by atoms with Crippen LogP contribution in [0.4, 0.5) is 14.9 Å². The summed E-state index contributed by atoms with van der Waals surface area (Å²) < 4.78 is 13.0. The van der Waals surface area contributed by atoms with Gasteiger partial charge in [0.25, 0.3) is 11.8 Å². The number of anilines is 1. The number of rotatable bonds is 5. The molecule has 1 atom stereocenters. The first-order chi connectivity index (χ1) is 10.8. The summed E-state index contributed by atoms with van der Waals surface area (Å²) in [6.45, 7) is 4.90. The Morgan fingerprint density at radius 3 is 2.65 bits per heavy atom. The molecule has 8 heteroatoms. The number of hydrogen-bond donors (Lipinski definition) is 3. The lowest BCUT2D eigenvalue weighted by atomic mass is 10.00. The van der Waals surface area contributed by atoms with Crippen LogP contribution in [0.3, 0.4) is 0 Å². The smallest absolute Gasteiger partial charge is 0.344 e. The van der Waals surface area contributed by atoms with Crippen LogP contribution in [0.25, 0.3) is 0 Å². The van der Waals surface area contributed by atoms with E-state index in [1.807, 2.05) is 0 Å². The third-order valence-corrected chi connectivity index (χ3v) is 3.83. The van der Waals surface area contributed by atoms with Crippen LogP contribution in [0.5, 0.6) is 0 Å². The van der Waals surface area contributed by atoms with E-state index in [1.54, 1.807) is 20.8 Å². The molecule has 1 aliphatic rings. The van der Waals surface area contributed by atoms with Crippen molar-refractivity contribution in [3.05, 3.63) is 29.6 Å². The van der Waals surface area contributed by atoms with Gasteiger partial charge in [-0.15, -0.1) is 0 Å². The average Bonchev–Trinajstić information content (AvgIpc) is 2.70. The van der Waals surface area contributed by atoms with Crippen LogP contribution in [0, 0.1) is 12.7 Å². The van der Waals surface area contributed by atoms with Gasteiger partial charge in [-0.05, 0) is 44.0 Å². The summed E-state index contributed by atoms with van der Waals surface area (Å²) in [7, 11) is 0. The summed E-state index contributed by atoms with van der Waals surface area (Å²) in [4.78, 5) is 35.8. The molecule has 23 heavy (non-hydrogen) atoms. The van der Waals surface area contributed by atoms with E-state index < -0.39 is 23.4 Å². The van der Waals surface area contributed by atoms with Gasteiger partial charge in [-0.2, -0.15) is 5.01 Å². The standard InChI is InChI=1S/C15H19FN4O3/c1-4-15(3)13(22)20(14(23)18-15)19-12(21)8-17-11-6-5-10(16)7-9(11)2/h5-7,17H,4,8H2,1-3H3,(H,18,23)(H,19,21)/t15-/m0/s1. The van der Waals surface area contributed by atoms with Gasteiger partial charge in [0.1, 0.15) is 11.4 Å². The molecule has 0 unspecified atom stereocenters. The van der Waals surface area contributed by atoms with Gasteiger partial charge >= 0.3 is 6.03 Å². The van der Waals surface area contributed by atoms with E-state index in [0.717, 1.165) is 0 Å². The number of urea groups is 1. The number of nitrogens with one attached hydrogen (secondary N) is 3. The highest BCUT2D eigenvalue weighted by Gasteiger charge is 2.47. The van der Waals surface area contributed by atoms with E-state index in [0.29, 0.717) is 22.7 Å². The maximum Gasteiger partial charge on any atom is 0.344 e. The summed E-state index contributed by atoms with van der Waals surface area (Å²) in [6.07, 6.45) is 0.414. The fourth-order valence-corrected chi connectivity index (χ4v) is 2.19. The molecule has 1 aliphatic heterocycles. The van der Waals surface area contributed by atoms with Gasteiger partial charge in [0, 0.05) is 5.69 Å². The first-order valence-corrected chi connectivity index (χ1v) is 7.23. The lowest BCUT2D eigenvalue weighted by molar-refractivity contribution is -0.138. The average molecular weight is 322 g/mol. The molecular weight excluding hydrogens is 303 g/mol. The minimum atomic E-state index is -1.01. The number of hydrogen-bond acceptors (Lipinski definition) is 4. The molecule has 4 amide bonds. The molecule has 124 valence electrons. The van der Waals surface area contributed by atoms with Gasteiger partial charge in [-0.1, -0.05) is 6.92 Å². The van der Waals surface area contributed by atoms with E-state index in [1.165, 1.54) is 18.2 Å². The molecule has 0 aliphatic carbocycles. The van der Waals surface area contributed by atoms with Crippen LogP contribution in [0.15, 0.2) is 18.2 Å². The largest absolute Gasteiger partial charge is 0.376 e. The highest BCUT2D eigenvalue weighted by atomic mass is 19.1. The number of imide groups is 1. The highest BCUT2D eigenvalue weighted by Crippen LogP contribution is 2.19. The van der Waals surface area contributed by atoms with Gasteiger partial charge < -0.3 is 10.6 Å². The minimum Gasteiger partial charge on any atom is -0.376 e. The Hall–Kier alpha value is -2.64. The summed E-state index contributed by atoms with van der Waals surface area (Å²) in [6, 6.07) is 3.47. The quantitative estimate of drug-likeness (QED) is 0.713. The Morgan fingerprint density at radius 1 is 1.39 bits per heavy atom. The maximum atomic E-state index is 13.0. The zero-order valence-corrected chi connectivity index (χ0v) is 13.2. The topological polar surface area (TPSA) is 90.5 Å². The van der Waals surface area contributed by atoms with Gasteiger partial charge in [0.15, 0.2) is 0 Å². The zero-order valence-electron chi connectivity index (χ0n) is 13.2. The van der Waals surface area contributed by atoms with Crippen molar-refractivity contribution < 1.29 is 18.8 Å². The summed E-state index contributed by atoms with van der Waals surface area (Å²) in [5, 5.41) is 6.05. The first-order valence-electron chi connectivity index (χ1n) is 7.23. The molecule has 7 nitrogen and oxygen atoms in total. The Labute approximate surface area is 133 Å². The first kappa shape index (κ1) is 16.7. The zero-order chi connectivity index (χ0) is 17.2. The van der Waals surface area contributed by atoms with Crippen LogP contribution in [0.2, 0.25) is 0 Å². The Kier molecular flexibility index (Phi) is 4.53. The molecule has 3 N–H and O–H groups in total. The number of nitrogens with zero attached hydrogens (tertiary/aromatic N) is 1. The number of carbonyl (C=O) groups excluding carboxylic acids is 3. The van der Waals surface area contributed by atoms with Crippen LogP contribution >= 0.6 is 0 Å². The number of hydrazine groups is 1. The summed E-state index contributed by atoms with van der Waals surface area (Å²) in [5.74, 6) is -1.43. The molecule has 0 spiro atoms. The normalized spacial score (nSPS) is 20.4. The minimum absolute atomic E-state index is 0.160. The number of carbonyl (C=O) groups is 3. The van der Waals surface area contributed by atoms with Gasteiger partial charge in [0.2, 0.25) is 0 Å². The fourth-order valence-electron chi connectivity index (χ4n) is 2.19. The second kappa shape index (κ2) is 6.23. The molecule has 1 saturated heterocycles. The van der Waals surface area contributed by atoms with Gasteiger partial charge in [0.05, 0.1) is 6.54 Å². The third-order valence-electron chi connectivity index (χ3n) is 3.83. The number of amides is 4. The molecule has 0 saturated carbocycles. The molecule has 1 aromatic rings. The molecule has 1 heterocycles. The predicted molar refractivity (Wildman–Crippen MR) is 81.8 cm³/mol. The second-order valence-electron chi connectivity index (χ2n) is 5.60. The molecule has 1 aromatic carbocycles. The van der Waals surface area contributed by atoms with Gasteiger partial charge in [-0.25, -0.2) is 9.18 Å². The number of benzene rings is 1. The third kappa shape index (κ3) is 3.41. The monoisotopic (exact) mass is 322 g/mol. The van der Waals surface area contributed by atoms with Crippen molar-refractivity contribution in [2.24, 2.45) is 0 Å². The van der Waals surface area contributed by atoms with Crippen molar-refractivity contribution in [2.45, 2.75) is 32.7 Å². The Morgan fingerprint density at radius 2 is 2.09 bits per heavy atom. The maximum absolute atomic E-state index is 13.0. The fraction of sp³-hybridized carbons (Fsp3) is 0.400. The van der Waals surface area contributed by atoms with E-state index >= 15 is 0 Å². The molecule has 2 rings (SSSR count).